The van der Waals surface area contributed by atoms with Crippen molar-refractivity contribution < 1.29 is 18.0 Å². The number of piperidine rings is 1. The highest BCUT2D eigenvalue weighted by molar-refractivity contribution is 7.89. The number of carbonyl (C=O) groups excluding carboxylic acids is 2. The van der Waals surface area contributed by atoms with Gasteiger partial charge in [-0.1, -0.05) is 6.92 Å². The Morgan fingerprint density at radius 1 is 1.06 bits per heavy atom. The molecular formula is C24H35N3O4S. The summed E-state index contributed by atoms with van der Waals surface area (Å²) in [7, 11) is -3.70. The average Bonchev–Trinajstić information content (AvgIpc) is 3.10. The lowest BCUT2D eigenvalue weighted by Gasteiger charge is -2.33. The third-order valence-electron chi connectivity index (χ3n) is 7.36. The van der Waals surface area contributed by atoms with Gasteiger partial charge in [-0.2, -0.15) is 4.31 Å². The van der Waals surface area contributed by atoms with Crippen molar-refractivity contribution in [1.29, 1.82) is 0 Å². The molecule has 1 N–H and O–H groups in total. The Kier molecular flexibility index (Phi) is 6.63. The van der Waals surface area contributed by atoms with E-state index in [9.17, 15) is 18.0 Å². The maximum absolute atomic E-state index is 13.4. The molecule has 1 aromatic rings. The van der Waals surface area contributed by atoms with Gasteiger partial charge in [0.25, 0.3) is 0 Å². The van der Waals surface area contributed by atoms with Crippen LogP contribution in [0.4, 0.5) is 5.69 Å². The molecule has 2 atom stereocenters. The summed E-state index contributed by atoms with van der Waals surface area (Å²) in [6, 6.07) is 5.28. The van der Waals surface area contributed by atoms with Gasteiger partial charge in [-0.25, -0.2) is 8.42 Å². The summed E-state index contributed by atoms with van der Waals surface area (Å²) in [6.07, 6.45) is 6.32. The topological polar surface area (TPSA) is 86.8 Å². The van der Waals surface area contributed by atoms with Crippen molar-refractivity contribution in [3.63, 3.8) is 0 Å². The zero-order valence-corrected chi connectivity index (χ0v) is 20.2. The highest BCUT2D eigenvalue weighted by Crippen LogP contribution is 2.35. The molecule has 2 aliphatic heterocycles. The second-order valence-corrected chi connectivity index (χ2v) is 11.8. The molecule has 176 valence electrons. The van der Waals surface area contributed by atoms with Crippen molar-refractivity contribution in [3.8, 4) is 0 Å². The molecule has 1 saturated carbocycles. The number of amides is 2. The van der Waals surface area contributed by atoms with Gasteiger partial charge >= 0.3 is 0 Å². The number of rotatable bonds is 4. The van der Waals surface area contributed by atoms with E-state index in [1.54, 1.807) is 23.1 Å². The Morgan fingerprint density at radius 3 is 2.47 bits per heavy atom. The van der Waals surface area contributed by atoms with Crippen LogP contribution in [0.25, 0.3) is 0 Å². The zero-order valence-electron chi connectivity index (χ0n) is 19.3. The second-order valence-electron chi connectivity index (χ2n) is 9.90. The van der Waals surface area contributed by atoms with E-state index in [0.29, 0.717) is 19.4 Å². The zero-order chi connectivity index (χ0) is 23.0. The number of nitrogens with zero attached hydrogens (tertiary/aromatic N) is 2. The summed E-state index contributed by atoms with van der Waals surface area (Å²) >= 11 is 0. The summed E-state index contributed by atoms with van der Waals surface area (Å²) in [4.78, 5) is 26.8. The van der Waals surface area contributed by atoms with Crippen LogP contribution in [0.15, 0.2) is 23.1 Å². The summed E-state index contributed by atoms with van der Waals surface area (Å²) in [5.74, 6) is 0.366. The monoisotopic (exact) mass is 461 g/mol. The fourth-order valence-corrected chi connectivity index (χ4v) is 7.07. The van der Waals surface area contributed by atoms with Crippen molar-refractivity contribution in [1.82, 2.24) is 9.62 Å². The minimum atomic E-state index is -3.70. The van der Waals surface area contributed by atoms with Crippen molar-refractivity contribution in [2.24, 2.45) is 11.8 Å². The van der Waals surface area contributed by atoms with Crippen LogP contribution in [0.1, 0.15) is 64.9 Å². The Morgan fingerprint density at radius 2 is 1.78 bits per heavy atom. The summed E-state index contributed by atoms with van der Waals surface area (Å²) in [6.45, 7) is 6.41. The molecule has 7 nitrogen and oxygen atoms in total. The molecule has 0 bridgehead atoms. The van der Waals surface area contributed by atoms with E-state index in [1.807, 2.05) is 6.92 Å². The van der Waals surface area contributed by atoms with Crippen LogP contribution in [0.3, 0.4) is 0 Å². The van der Waals surface area contributed by atoms with Crippen molar-refractivity contribution in [2.45, 2.75) is 82.7 Å². The first kappa shape index (κ1) is 23.2. The molecule has 2 amide bonds. The first-order chi connectivity index (χ1) is 15.2. The largest absolute Gasteiger partial charge is 0.353 e. The molecular weight excluding hydrogens is 426 g/mol. The summed E-state index contributed by atoms with van der Waals surface area (Å²) in [5, 5.41) is 3.18. The average molecular weight is 462 g/mol. The minimum absolute atomic E-state index is 0.00988. The third kappa shape index (κ3) is 4.57. The molecule has 1 aromatic carbocycles. The number of fused-ring (bicyclic) bond motifs is 1. The van der Waals surface area contributed by atoms with Gasteiger partial charge in [0.2, 0.25) is 21.8 Å². The molecule has 1 saturated heterocycles. The second kappa shape index (κ2) is 9.14. The molecule has 3 aliphatic rings. The SMILES string of the molecule is CC(=O)N1c2ccc(S(=O)(=O)N3CCC[C@@H](C(=O)NC4CCC(C)CC4)C3)cc2C[C@H]1C. The molecule has 0 radical (unpaired) electrons. The van der Waals surface area contributed by atoms with Crippen LogP contribution in [0, 0.1) is 11.8 Å². The Bertz CT molecular complexity index is 985. The van der Waals surface area contributed by atoms with Gasteiger partial charge in [-0.3, -0.25) is 9.59 Å². The van der Waals surface area contributed by atoms with Crippen molar-refractivity contribution in [3.05, 3.63) is 23.8 Å². The fraction of sp³-hybridized carbons (Fsp3) is 0.667. The Hall–Kier alpha value is -1.93. The van der Waals surface area contributed by atoms with E-state index in [0.717, 1.165) is 49.3 Å². The van der Waals surface area contributed by atoms with Gasteiger partial charge in [0, 0.05) is 37.8 Å². The number of hydrogen-bond donors (Lipinski definition) is 1. The van der Waals surface area contributed by atoms with Crippen molar-refractivity contribution >= 4 is 27.5 Å². The van der Waals surface area contributed by atoms with Gasteiger partial charge in [0.15, 0.2) is 0 Å². The number of carbonyl (C=O) groups is 2. The molecule has 0 unspecified atom stereocenters. The fourth-order valence-electron chi connectivity index (χ4n) is 5.50. The molecule has 0 spiro atoms. The summed E-state index contributed by atoms with van der Waals surface area (Å²) < 4.78 is 28.2. The smallest absolute Gasteiger partial charge is 0.243 e. The van der Waals surface area contributed by atoms with Gasteiger partial charge in [0.05, 0.1) is 10.8 Å². The number of sulfonamides is 1. The minimum Gasteiger partial charge on any atom is -0.353 e. The van der Waals surface area contributed by atoms with Crippen LogP contribution in [0.2, 0.25) is 0 Å². The standard InChI is InChI=1S/C24H35N3O4S/c1-16-6-8-21(9-7-16)25-24(29)19-5-4-12-26(15-19)32(30,31)22-10-11-23-20(14-22)13-17(2)27(23)18(3)28/h10-11,14,16-17,19,21H,4-9,12-13,15H2,1-3H3,(H,25,29)/t16?,17-,19-,21?/m1/s1. The molecule has 0 aromatic heterocycles. The predicted octanol–water partition coefficient (Wildman–Crippen LogP) is 3.08. The lowest BCUT2D eigenvalue weighted by Crippen LogP contribution is -2.48. The van der Waals surface area contributed by atoms with Crippen LogP contribution in [-0.2, 0) is 26.0 Å². The van der Waals surface area contributed by atoms with Crippen LogP contribution < -0.4 is 10.2 Å². The Labute approximate surface area is 191 Å². The lowest BCUT2D eigenvalue weighted by molar-refractivity contribution is -0.127. The van der Waals surface area contributed by atoms with Gasteiger partial charge in [-0.05, 0) is 81.5 Å². The van der Waals surface area contributed by atoms with Gasteiger partial charge < -0.3 is 10.2 Å². The first-order valence-corrected chi connectivity index (χ1v) is 13.3. The van der Waals surface area contributed by atoms with E-state index >= 15 is 0 Å². The van der Waals surface area contributed by atoms with Crippen LogP contribution in [0.5, 0.6) is 0 Å². The number of benzene rings is 1. The van der Waals surface area contributed by atoms with Crippen LogP contribution >= 0.6 is 0 Å². The maximum Gasteiger partial charge on any atom is 0.243 e. The summed E-state index contributed by atoms with van der Waals surface area (Å²) in [5.41, 5.74) is 1.67. The molecule has 32 heavy (non-hydrogen) atoms. The highest BCUT2D eigenvalue weighted by Gasteiger charge is 2.36. The highest BCUT2D eigenvalue weighted by atomic mass is 32.2. The quantitative estimate of drug-likeness (QED) is 0.747. The van der Waals surface area contributed by atoms with Crippen LogP contribution in [-0.4, -0.2) is 49.7 Å². The van der Waals surface area contributed by atoms with Gasteiger partial charge in [-0.15, -0.1) is 0 Å². The van der Waals surface area contributed by atoms with E-state index in [4.69, 9.17) is 0 Å². The number of anilines is 1. The lowest BCUT2D eigenvalue weighted by atomic mass is 9.87. The maximum atomic E-state index is 13.4. The van der Waals surface area contributed by atoms with Gasteiger partial charge in [0.1, 0.15) is 0 Å². The number of hydrogen-bond acceptors (Lipinski definition) is 4. The van der Waals surface area contributed by atoms with Crippen molar-refractivity contribution in [2.75, 3.05) is 18.0 Å². The molecule has 4 rings (SSSR count). The molecule has 1 aliphatic carbocycles. The first-order valence-electron chi connectivity index (χ1n) is 11.9. The molecule has 2 heterocycles. The third-order valence-corrected chi connectivity index (χ3v) is 9.22. The number of nitrogens with one attached hydrogen (secondary N) is 1. The Balaban J connectivity index is 1.45. The van der Waals surface area contributed by atoms with E-state index in [2.05, 4.69) is 12.2 Å². The molecule has 8 heteroatoms. The van der Waals surface area contributed by atoms with E-state index in [1.165, 1.54) is 11.2 Å². The predicted molar refractivity (Wildman–Crippen MR) is 124 cm³/mol. The van der Waals surface area contributed by atoms with E-state index < -0.39 is 10.0 Å². The van der Waals surface area contributed by atoms with E-state index in [-0.39, 0.29) is 41.3 Å². The molecule has 2 fully saturated rings. The normalized spacial score (nSPS) is 28.9.